The van der Waals surface area contributed by atoms with Gasteiger partial charge < -0.3 is 10.3 Å². The predicted molar refractivity (Wildman–Crippen MR) is 175 cm³/mol. The van der Waals surface area contributed by atoms with Crippen LogP contribution in [0.5, 0.6) is 0 Å². The number of nitrogens with two attached hydrogens (primary N) is 1. The Kier molecular flexibility index (Phi) is 5.27. The lowest BCUT2D eigenvalue weighted by molar-refractivity contribution is 0.381. The largest absolute Gasteiger partial charge is 0.321 e. The molecule has 0 aliphatic heterocycles. The molecule has 1 saturated carbocycles. The van der Waals surface area contributed by atoms with Crippen LogP contribution in [-0.4, -0.2) is 10.9 Å². The second kappa shape index (κ2) is 8.77. The fourth-order valence-electron chi connectivity index (χ4n) is 7.84. The van der Waals surface area contributed by atoms with Gasteiger partial charge in [0.15, 0.2) is 0 Å². The van der Waals surface area contributed by atoms with Crippen molar-refractivity contribution in [3.63, 3.8) is 0 Å². The quantitative estimate of drug-likeness (QED) is 0.170. The SMILES string of the molecule is CC1(C)c2ccccc2-c2c1ccc1c2c2ccccc2n1/C=N/C(c1ccccc1)[C@]1(C)CC1(N)c1ccccc1. The lowest BCUT2D eigenvalue weighted by Gasteiger charge is -2.26. The zero-order chi connectivity index (χ0) is 28.7. The van der Waals surface area contributed by atoms with Crippen LogP contribution >= 0.6 is 0 Å². The molecule has 0 bridgehead atoms. The number of fused-ring (bicyclic) bond motifs is 7. The van der Waals surface area contributed by atoms with Crippen molar-refractivity contribution in [1.82, 2.24) is 4.57 Å². The van der Waals surface area contributed by atoms with Crippen molar-refractivity contribution in [3.8, 4) is 11.1 Å². The Morgan fingerprint density at radius 2 is 1.38 bits per heavy atom. The summed E-state index contributed by atoms with van der Waals surface area (Å²) >= 11 is 0. The maximum Gasteiger partial charge on any atom is 0.0948 e. The average Bonchev–Trinajstić information content (AvgIpc) is 3.34. The minimum Gasteiger partial charge on any atom is -0.321 e. The highest BCUT2D eigenvalue weighted by Crippen LogP contribution is 2.67. The molecule has 3 atom stereocenters. The van der Waals surface area contributed by atoms with E-state index in [-0.39, 0.29) is 16.9 Å². The monoisotopic (exact) mass is 545 g/mol. The smallest absolute Gasteiger partial charge is 0.0948 e. The van der Waals surface area contributed by atoms with Gasteiger partial charge in [-0.2, -0.15) is 0 Å². The summed E-state index contributed by atoms with van der Waals surface area (Å²) in [6.45, 7) is 6.99. The first-order valence-corrected chi connectivity index (χ1v) is 14.9. The van der Waals surface area contributed by atoms with E-state index in [1.807, 2.05) is 0 Å². The maximum atomic E-state index is 7.17. The molecule has 0 radical (unpaired) electrons. The summed E-state index contributed by atoms with van der Waals surface area (Å²) in [4.78, 5) is 5.42. The van der Waals surface area contributed by atoms with Crippen LogP contribution in [0.15, 0.2) is 126 Å². The average molecular weight is 546 g/mol. The van der Waals surface area contributed by atoms with Crippen LogP contribution in [-0.2, 0) is 11.0 Å². The molecular formula is C39H35N3. The molecule has 1 aromatic heterocycles. The van der Waals surface area contributed by atoms with Crippen LogP contribution in [0.3, 0.4) is 0 Å². The Morgan fingerprint density at radius 3 is 2.17 bits per heavy atom. The zero-order valence-corrected chi connectivity index (χ0v) is 24.4. The third kappa shape index (κ3) is 3.35. The van der Waals surface area contributed by atoms with Crippen molar-refractivity contribution >= 4 is 28.1 Å². The number of aliphatic imine (C=N–C) groups is 1. The van der Waals surface area contributed by atoms with Crippen LogP contribution in [0, 0.1) is 5.41 Å². The first kappa shape index (κ1) is 25.3. The van der Waals surface area contributed by atoms with Gasteiger partial charge in [-0.3, -0.25) is 4.99 Å². The third-order valence-corrected chi connectivity index (χ3v) is 10.3. The highest BCUT2D eigenvalue weighted by Gasteiger charge is 2.66. The van der Waals surface area contributed by atoms with Crippen molar-refractivity contribution in [3.05, 3.63) is 144 Å². The lowest BCUT2D eigenvalue weighted by atomic mass is 9.82. The third-order valence-electron chi connectivity index (χ3n) is 10.3. The molecular weight excluding hydrogens is 510 g/mol. The van der Waals surface area contributed by atoms with Gasteiger partial charge in [0.25, 0.3) is 0 Å². The Balaban J connectivity index is 1.32. The highest BCUT2D eigenvalue weighted by atomic mass is 15.1. The molecule has 8 rings (SSSR count). The van der Waals surface area contributed by atoms with Gasteiger partial charge in [0, 0.05) is 27.1 Å². The van der Waals surface area contributed by atoms with E-state index < -0.39 is 5.54 Å². The summed E-state index contributed by atoms with van der Waals surface area (Å²) in [5.41, 5.74) is 16.7. The van der Waals surface area contributed by atoms with Gasteiger partial charge in [-0.1, -0.05) is 130 Å². The molecule has 0 saturated heterocycles. The molecule has 3 heteroatoms. The lowest BCUT2D eigenvalue weighted by Crippen LogP contribution is -2.30. The second-order valence-corrected chi connectivity index (χ2v) is 12.9. The summed E-state index contributed by atoms with van der Waals surface area (Å²) in [5.74, 6) is 0. The van der Waals surface area contributed by atoms with E-state index in [1.54, 1.807) is 0 Å². The van der Waals surface area contributed by atoms with Gasteiger partial charge in [0.1, 0.15) is 0 Å². The van der Waals surface area contributed by atoms with Crippen LogP contribution in [0.2, 0.25) is 0 Å². The number of hydrogen-bond donors (Lipinski definition) is 1. The van der Waals surface area contributed by atoms with Crippen molar-refractivity contribution in [2.75, 3.05) is 0 Å². The Bertz CT molecular complexity index is 2020. The van der Waals surface area contributed by atoms with Gasteiger partial charge in [-0.05, 0) is 51.9 Å². The number of rotatable bonds is 5. The van der Waals surface area contributed by atoms with E-state index in [1.165, 1.54) is 55.2 Å². The maximum absolute atomic E-state index is 7.17. The number of benzene rings is 5. The van der Waals surface area contributed by atoms with E-state index in [4.69, 9.17) is 10.7 Å². The Hall–Kier alpha value is -4.47. The summed E-state index contributed by atoms with van der Waals surface area (Å²) in [7, 11) is 0. The molecule has 2 N–H and O–H groups in total. The molecule has 0 amide bonds. The predicted octanol–water partition coefficient (Wildman–Crippen LogP) is 8.98. The topological polar surface area (TPSA) is 43.3 Å². The Labute approximate surface area is 247 Å². The highest BCUT2D eigenvalue weighted by molar-refractivity contribution is 6.19. The van der Waals surface area contributed by atoms with E-state index in [2.05, 4.69) is 153 Å². The number of para-hydroxylation sites is 1. The number of nitrogens with zero attached hydrogens (tertiary/aromatic N) is 2. The van der Waals surface area contributed by atoms with Gasteiger partial charge in [0.2, 0.25) is 0 Å². The normalized spacial score (nSPS) is 22.9. The molecule has 206 valence electrons. The first-order chi connectivity index (χ1) is 20.3. The first-order valence-electron chi connectivity index (χ1n) is 14.9. The summed E-state index contributed by atoms with van der Waals surface area (Å²) in [6.07, 6.45) is 2.95. The van der Waals surface area contributed by atoms with Gasteiger partial charge in [0.05, 0.1) is 23.4 Å². The van der Waals surface area contributed by atoms with Crippen molar-refractivity contribution in [2.45, 2.75) is 44.2 Å². The van der Waals surface area contributed by atoms with E-state index in [9.17, 15) is 0 Å². The summed E-state index contributed by atoms with van der Waals surface area (Å²) in [5, 5.41) is 2.56. The van der Waals surface area contributed by atoms with E-state index in [0.29, 0.717) is 0 Å². The molecule has 42 heavy (non-hydrogen) atoms. The Morgan fingerprint density at radius 1 is 0.714 bits per heavy atom. The van der Waals surface area contributed by atoms with E-state index >= 15 is 0 Å². The van der Waals surface area contributed by atoms with Crippen molar-refractivity contribution in [1.29, 1.82) is 0 Å². The fraction of sp³-hybridized carbons (Fsp3) is 0.205. The van der Waals surface area contributed by atoms with Crippen molar-refractivity contribution < 1.29 is 0 Å². The zero-order valence-electron chi connectivity index (χ0n) is 24.4. The minimum absolute atomic E-state index is 0.0434. The molecule has 1 heterocycles. The van der Waals surface area contributed by atoms with Gasteiger partial charge >= 0.3 is 0 Å². The molecule has 1 fully saturated rings. The molecule has 2 aliphatic carbocycles. The van der Waals surface area contributed by atoms with Crippen LogP contribution < -0.4 is 5.73 Å². The number of hydrogen-bond acceptors (Lipinski definition) is 2. The van der Waals surface area contributed by atoms with Crippen LogP contribution in [0.4, 0.5) is 0 Å². The molecule has 3 nitrogen and oxygen atoms in total. The van der Waals surface area contributed by atoms with Crippen molar-refractivity contribution in [2.24, 2.45) is 16.1 Å². The van der Waals surface area contributed by atoms with Gasteiger partial charge in [-0.15, -0.1) is 0 Å². The van der Waals surface area contributed by atoms with Crippen LogP contribution in [0.25, 0.3) is 32.9 Å². The summed E-state index contributed by atoms with van der Waals surface area (Å²) < 4.78 is 2.29. The second-order valence-electron chi connectivity index (χ2n) is 12.9. The molecule has 5 aromatic carbocycles. The van der Waals surface area contributed by atoms with Gasteiger partial charge in [-0.25, -0.2) is 0 Å². The molecule has 6 aromatic rings. The number of aromatic nitrogens is 1. The van der Waals surface area contributed by atoms with Crippen LogP contribution in [0.1, 0.15) is 55.5 Å². The molecule has 0 spiro atoms. The fourth-order valence-corrected chi connectivity index (χ4v) is 7.84. The standard InChI is InChI=1S/C39H35N3/c1-37(2)30-20-12-10-18-28(30)34-31(37)22-23-33-35(34)29-19-11-13-21-32(29)42(33)25-41-36(26-14-6-4-7-15-26)38(3)24-39(38,40)27-16-8-5-9-17-27/h4-23,25,36H,24,40H2,1-3H3/b41-25+/t36?,38-,39?/m0/s1. The molecule has 2 aliphatic rings. The van der Waals surface area contributed by atoms with E-state index in [0.717, 1.165) is 6.42 Å². The summed E-state index contributed by atoms with van der Waals surface area (Å²) in [6, 6.07) is 43.4. The molecule has 2 unspecified atom stereocenters. The minimum atomic E-state index is -0.428.